The number of nitrogens with zero attached hydrogens (tertiary/aromatic N) is 1. The first-order valence-corrected chi connectivity index (χ1v) is 8.04. The monoisotopic (exact) mass is 331 g/mol. The second-order valence-corrected chi connectivity index (χ2v) is 6.03. The zero-order chi connectivity index (χ0) is 16.5. The number of phenols is 1. The Hall–Kier alpha value is -2.84. The smallest absolute Gasteiger partial charge is 0.123 e. The van der Waals surface area contributed by atoms with Gasteiger partial charge in [0.15, 0.2) is 0 Å². The highest BCUT2D eigenvalue weighted by atomic mass is 35.5. The molecular formula is C21H14ClNO. The minimum Gasteiger partial charge on any atom is -0.507 e. The summed E-state index contributed by atoms with van der Waals surface area (Å²) in [5.41, 5.74) is 4.59. The van der Waals surface area contributed by atoms with Crippen molar-refractivity contribution < 1.29 is 5.11 Å². The second kappa shape index (κ2) is 5.99. The van der Waals surface area contributed by atoms with Crippen LogP contribution in [0.3, 0.4) is 0 Å². The predicted molar refractivity (Wildman–Crippen MR) is 99.3 cm³/mol. The SMILES string of the molecule is Oc1ccccc1-c1cnc2ccc(Cl)cc2c1-c1ccccc1. The summed E-state index contributed by atoms with van der Waals surface area (Å²) in [6.07, 6.45) is 1.81. The number of phenolic OH excluding ortho intramolecular Hbond substituents is 1. The van der Waals surface area contributed by atoms with E-state index in [2.05, 4.69) is 17.1 Å². The lowest BCUT2D eigenvalue weighted by Crippen LogP contribution is -1.91. The zero-order valence-electron chi connectivity index (χ0n) is 12.8. The van der Waals surface area contributed by atoms with Gasteiger partial charge in [-0.05, 0) is 29.8 Å². The number of halogens is 1. The van der Waals surface area contributed by atoms with E-state index in [9.17, 15) is 5.11 Å². The van der Waals surface area contributed by atoms with Gasteiger partial charge in [-0.1, -0.05) is 60.1 Å². The van der Waals surface area contributed by atoms with Gasteiger partial charge in [0.05, 0.1) is 5.52 Å². The minimum absolute atomic E-state index is 0.234. The Balaban J connectivity index is 2.13. The van der Waals surface area contributed by atoms with Crippen molar-refractivity contribution in [2.24, 2.45) is 0 Å². The summed E-state index contributed by atoms with van der Waals surface area (Å²) in [6.45, 7) is 0. The third-order valence-corrected chi connectivity index (χ3v) is 4.32. The molecule has 0 spiro atoms. The summed E-state index contributed by atoms with van der Waals surface area (Å²) in [4.78, 5) is 4.56. The molecule has 2 nitrogen and oxygen atoms in total. The molecule has 0 saturated carbocycles. The molecule has 4 aromatic rings. The van der Waals surface area contributed by atoms with E-state index < -0.39 is 0 Å². The molecule has 0 amide bonds. The molecular weight excluding hydrogens is 318 g/mol. The Kier molecular flexibility index (Phi) is 3.68. The molecule has 116 valence electrons. The van der Waals surface area contributed by atoms with Crippen LogP contribution in [0.2, 0.25) is 5.02 Å². The molecule has 0 fully saturated rings. The van der Waals surface area contributed by atoms with Crippen molar-refractivity contribution in [2.75, 3.05) is 0 Å². The Morgan fingerprint density at radius 2 is 1.54 bits per heavy atom. The van der Waals surface area contributed by atoms with Gasteiger partial charge in [-0.15, -0.1) is 0 Å². The third-order valence-electron chi connectivity index (χ3n) is 4.09. The summed E-state index contributed by atoms with van der Waals surface area (Å²) in [7, 11) is 0. The summed E-state index contributed by atoms with van der Waals surface area (Å²) in [6, 6.07) is 23.1. The molecule has 1 N–H and O–H groups in total. The molecule has 3 aromatic carbocycles. The van der Waals surface area contributed by atoms with Crippen molar-refractivity contribution in [1.29, 1.82) is 0 Å². The van der Waals surface area contributed by atoms with Crippen LogP contribution in [0.4, 0.5) is 0 Å². The normalized spacial score (nSPS) is 10.9. The third kappa shape index (κ3) is 2.51. The molecule has 1 heterocycles. The molecule has 0 aliphatic carbocycles. The standard InChI is InChI=1S/C21H14ClNO/c22-15-10-11-19-17(12-15)21(14-6-2-1-3-7-14)18(13-23-19)16-8-4-5-9-20(16)24/h1-13,24H. The fourth-order valence-corrected chi connectivity index (χ4v) is 3.16. The van der Waals surface area contributed by atoms with Gasteiger partial charge in [0.1, 0.15) is 5.75 Å². The van der Waals surface area contributed by atoms with E-state index in [1.54, 1.807) is 6.07 Å². The average Bonchev–Trinajstić information content (AvgIpc) is 2.62. The van der Waals surface area contributed by atoms with Gasteiger partial charge in [0.25, 0.3) is 0 Å². The van der Waals surface area contributed by atoms with Gasteiger partial charge < -0.3 is 5.11 Å². The lowest BCUT2D eigenvalue weighted by atomic mass is 9.92. The van der Waals surface area contributed by atoms with Crippen LogP contribution in [0.1, 0.15) is 0 Å². The van der Waals surface area contributed by atoms with Crippen LogP contribution in [0, 0.1) is 0 Å². The van der Waals surface area contributed by atoms with Gasteiger partial charge in [0, 0.05) is 33.3 Å². The van der Waals surface area contributed by atoms with E-state index in [0.717, 1.165) is 33.2 Å². The Morgan fingerprint density at radius 1 is 0.792 bits per heavy atom. The molecule has 0 unspecified atom stereocenters. The van der Waals surface area contributed by atoms with Crippen LogP contribution < -0.4 is 0 Å². The van der Waals surface area contributed by atoms with Gasteiger partial charge >= 0.3 is 0 Å². The maximum Gasteiger partial charge on any atom is 0.123 e. The number of para-hydroxylation sites is 1. The van der Waals surface area contributed by atoms with E-state index in [4.69, 9.17) is 11.6 Å². The molecule has 0 saturated heterocycles. The summed E-state index contributed by atoms with van der Waals surface area (Å²) >= 11 is 6.23. The summed E-state index contributed by atoms with van der Waals surface area (Å²) in [5, 5.41) is 11.9. The number of hydrogen-bond donors (Lipinski definition) is 1. The first-order chi connectivity index (χ1) is 11.7. The van der Waals surface area contributed by atoms with Crippen molar-refractivity contribution >= 4 is 22.5 Å². The first kappa shape index (κ1) is 14.7. The number of rotatable bonds is 2. The van der Waals surface area contributed by atoms with Gasteiger partial charge in [0.2, 0.25) is 0 Å². The number of hydrogen-bond acceptors (Lipinski definition) is 2. The number of benzene rings is 3. The van der Waals surface area contributed by atoms with Crippen LogP contribution in [0.15, 0.2) is 79.0 Å². The quantitative estimate of drug-likeness (QED) is 0.494. The van der Waals surface area contributed by atoms with E-state index in [1.165, 1.54) is 0 Å². The fourth-order valence-electron chi connectivity index (χ4n) is 2.99. The van der Waals surface area contributed by atoms with Crippen LogP contribution in [-0.2, 0) is 0 Å². The minimum atomic E-state index is 0.234. The summed E-state index contributed by atoms with van der Waals surface area (Å²) < 4.78 is 0. The molecule has 0 atom stereocenters. The molecule has 24 heavy (non-hydrogen) atoms. The number of aromatic hydroxyl groups is 1. The van der Waals surface area contributed by atoms with Crippen LogP contribution in [0.25, 0.3) is 33.2 Å². The van der Waals surface area contributed by atoms with E-state index in [0.29, 0.717) is 5.02 Å². The number of aromatic nitrogens is 1. The lowest BCUT2D eigenvalue weighted by molar-refractivity contribution is 0.477. The van der Waals surface area contributed by atoms with Crippen molar-refractivity contribution in [2.45, 2.75) is 0 Å². The molecule has 3 heteroatoms. The van der Waals surface area contributed by atoms with E-state index in [-0.39, 0.29) is 5.75 Å². The Labute approximate surface area is 145 Å². The molecule has 1 aromatic heterocycles. The highest BCUT2D eigenvalue weighted by Gasteiger charge is 2.15. The Morgan fingerprint density at radius 3 is 2.33 bits per heavy atom. The van der Waals surface area contributed by atoms with Crippen LogP contribution in [-0.4, -0.2) is 10.1 Å². The predicted octanol–water partition coefficient (Wildman–Crippen LogP) is 5.93. The van der Waals surface area contributed by atoms with E-state index >= 15 is 0 Å². The number of fused-ring (bicyclic) bond motifs is 1. The zero-order valence-corrected chi connectivity index (χ0v) is 13.5. The van der Waals surface area contributed by atoms with Crippen molar-refractivity contribution in [3.05, 3.63) is 84.0 Å². The molecule has 0 aliphatic rings. The molecule has 0 aliphatic heterocycles. The van der Waals surface area contributed by atoms with Gasteiger partial charge in [-0.3, -0.25) is 4.98 Å². The number of pyridine rings is 1. The molecule has 4 rings (SSSR count). The van der Waals surface area contributed by atoms with Gasteiger partial charge in [-0.2, -0.15) is 0 Å². The molecule has 0 bridgehead atoms. The highest BCUT2D eigenvalue weighted by Crippen LogP contribution is 2.40. The topological polar surface area (TPSA) is 33.1 Å². The van der Waals surface area contributed by atoms with Gasteiger partial charge in [-0.25, -0.2) is 0 Å². The first-order valence-electron chi connectivity index (χ1n) is 7.66. The van der Waals surface area contributed by atoms with Crippen molar-refractivity contribution in [1.82, 2.24) is 4.98 Å². The highest BCUT2D eigenvalue weighted by molar-refractivity contribution is 6.31. The maximum atomic E-state index is 10.3. The maximum absolute atomic E-state index is 10.3. The van der Waals surface area contributed by atoms with Crippen molar-refractivity contribution in [3.8, 4) is 28.0 Å². The average molecular weight is 332 g/mol. The molecule has 0 radical (unpaired) electrons. The van der Waals surface area contributed by atoms with Crippen molar-refractivity contribution in [3.63, 3.8) is 0 Å². The second-order valence-electron chi connectivity index (χ2n) is 5.59. The largest absolute Gasteiger partial charge is 0.507 e. The lowest BCUT2D eigenvalue weighted by Gasteiger charge is -2.14. The van der Waals surface area contributed by atoms with E-state index in [1.807, 2.05) is 60.8 Å². The fraction of sp³-hybridized carbons (Fsp3) is 0. The Bertz CT molecular complexity index is 1030. The summed E-state index contributed by atoms with van der Waals surface area (Å²) in [5.74, 6) is 0.234. The van der Waals surface area contributed by atoms with Crippen LogP contribution in [0.5, 0.6) is 5.75 Å². The van der Waals surface area contributed by atoms with Crippen LogP contribution >= 0.6 is 11.6 Å².